The maximum Gasteiger partial charge on any atom is 0.0181 e. The van der Waals surface area contributed by atoms with Gasteiger partial charge in [0.15, 0.2) is 0 Å². The summed E-state index contributed by atoms with van der Waals surface area (Å²) < 4.78 is 2.18. The van der Waals surface area contributed by atoms with Crippen LogP contribution in [0.15, 0.2) is 93.9 Å². The molecule has 0 fully saturated rings. The van der Waals surface area contributed by atoms with Crippen molar-refractivity contribution in [3.8, 4) is 22.3 Å². The van der Waals surface area contributed by atoms with E-state index in [1.54, 1.807) is 0 Å². The fourth-order valence-electron chi connectivity index (χ4n) is 4.23. The quantitative estimate of drug-likeness (QED) is 0.205. The molecule has 0 aromatic heterocycles. The van der Waals surface area contributed by atoms with Crippen LogP contribution in [0.5, 0.6) is 0 Å². The minimum atomic E-state index is 1.09. The van der Waals surface area contributed by atoms with E-state index in [-0.39, 0.29) is 0 Å². The minimum absolute atomic E-state index is 1.09. The fraction of sp³-hybridized carbons (Fsp3) is 0.0714. The van der Waals surface area contributed by atoms with Crippen LogP contribution in [0.1, 0.15) is 11.1 Å². The monoisotopic (exact) mass is 514 g/mol. The number of benzene rings is 5. The first-order chi connectivity index (χ1) is 14.5. The van der Waals surface area contributed by atoms with Gasteiger partial charge in [-0.2, -0.15) is 0 Å². The van der Waals surface area contributed by atoms with E-state index in [2.05, 4.69) is 131 Å². The average molecular weight is 516 g/mol. The van der Waals surface area contributed by atoms with Crippen molar-refractivity contribution in [1.82, 2.24) is 0 Å². The molecule has 0 aliphatic carbocycles. The van der Waals surface area contributed by atoms with Gasteiger partial charge in [-0.15, -0.1) is 0 Å². The first-order valence-electron chi connectivity index (χ1n) is 10.00. The highest BCUT2D eigenvalue weighted by Crippen LogP contribution is 2.45. The molecule has 0 nitrogen and oxygen atoms in total. The van der Waals surface area contributed by atoms with Gasteiger partial charge >= 0.3 is 0 Å². The molecule has 0 unspecified atom stereocenters. The van der Waals surface area contributed by atoms with E-state index >= 15 is 0 Å². The normalized spacial score (nSPS) is 11.3. The number of hydrogen-bond acceptors (Lipinski definition) is 0. The Morgan fingerprint density at radius 1 is 0.433 bits per heavy atom. The third-order valence-corrected chi connectivity index (χ3v) is 6.71. The molecule has 5 aromatic rings. The molecule has 0 radical (unpaired) electrons. The van der Waals surface area contributed by atoms with Crippen molar-refractivity contribution >= 4 is 53.4 Å². The number of aryl methyl sites for hydroxylation is 2. The molecule has 146 valence electrons. The Kier molecular flexibility index (Phi) is 5.00. The SMILES string of the molecule is Cc1ccc(-c2c(-c3ccc(C)cc3)c3cc(Br)ccc3c3ccc(Br)cc23)cc1. The lowest BCUT2D eigenvalue weighted by Crippen LogP contribution is -1.92. The molecule has 0 heterocycles. The minimum Gasteiger partial charge on any atom is -0.0587 e. The highest BCUT2D eigenvalue weighted by Gasteiger charge is 2.18. The van der Waals surface area contributed by atoms with Gasteiger partial charge in [0.05, 0.1) is 0 Å². The molecule has 5 aromatic carbocycles. The van der Waals surface area contributed by atoms with Gasteiger partial charge in [0, 0.05) is 8.95 Å². The van der Waals surface area contributed by atoms with Crippen molar-refractivity contribution in [2.24, 2.45) is 0 Å². The summed E-state index contributed by atoms with van der Waals surface area (Å²) >= 11 is 7.42. The van der Waals surface area contributed by atoms with Gasteiger partial charge in [0.25, 0.3) is 0 Å². The maximum atomic E-state index is 3.71. The Morgan fingerprint density at radius 2 is 0.800 bits per heavy atom. The van der Waals surface area contributed by atoms with Crippen LogP contribution in [0, 0.1) is 13.8 Å². The first-order valence-corrected chi connectivity index (χ1v) is 11.6. The summed E-state index contributed by atoms with van der Waals surface area (Å²) in [6.07, 6.45) is 0. The van der Waals surface area contributed by atoms with E-state index in [1.807, 2.05) is 0 Å². The van der Waals surface area contributed by atoms with Gasteiger partial charge in [-0.3, -0.25) is 0 Å². The zero-order chi connectivity index (χ0) is 20.8. The van der Waals surface area contributed by atoms with Crippen molar-refractivity contribution in [1.29, 1.82) is 0 Å². The Labute approximate surface area is 193 Å². The van der Waals surface area contributed by atoms with E-state index in [9.17, 15) is 0 Å². The molecule has 0 N–H and O–H groups in total. The van der Waals surface area contributed by atoms with E-state index in [0.717, 1.165) is 8.95 Å². The van der Waals surface area contributed by atoms with Gasteiger partial charge in [-0.05, 0) is 81.9 Å². The summed E-state index contributed by atoms with van der Waals surface area (Å²) in [5.41, 5.74) is 7.57. The van der Waals surface area contributed by atoms with Crippen LogP contribution < -0.4 is 0 Å². The van der Waals surface area contributed by atoms with Crippen LogP contribution >= 0.6 is 31.9 Å². The number of hydrogen-bond donors (Lipinski definition) is 0. The predicted octanol–water partition coefficient (Wildman–Crippen LogP) is 9.47. The largest absolute Gasteiger partial charge is 0.0587 e. The summed E-state index contributed by atoms with van der Waals surface area (Å²) in [6.45, 7) is 4.27. The van der Waals surface area contributed by atoms with Crippen molar-refractivity contribution in [3.63, 3.8) is 0 Å². The summed E-state index contributed by atoms with van der Waals surface area (Å²) in [7, 11) is 0. The van der Waals surface area contributed by atoms with Gasteiger partial charge in [-0.25, -0.2) is 0 Å². The lowest BCUT2D eigenvalue weighted by molar-refractivity contribution is 1.46. The van der Waals surface area contributed by atoms with Crippen molar-refractivity contribution in [3.05, 3.63) is 105 Å². The second-order valence-corrected chi connectivity index (χ2v) is 9.69. The van der Waals surface area contributed by atoms with Crippen LogP contribution in [0.25, 0.3) is 43.8 Å². The van der Waals surface area contributed by atoms with Gasteiger partial charge in [0.2, 0.25) is 0 Å². The maximum absolute atomic E-state index is 3.71. The topological polar surface area (TPSA) is 0 Å². The lowest BCUT2D eigenvalue weighted by atomic mass is 9.85. The highest BCUT2D eigenvalue weighted by molar-refractivity contribution is 9.10. The molecule has 0 spiro atoms. The van der Waals surface area contributed by atoms with E-state index in [1.165, 1.54) is 54.9 Å². The Hall–Kier alpha value is -2.42. The second kappa shape index (κ2) is 7.68. The van der Waals surface area contributed by atoms with Crippen LogP contribution in [0.3, 0.4) is 0 Å². The summed E-state index contributed by atoms with van der Waals surface area (Å²) in [5.74, 6) is 0. The summed E-state index contributed by atoms with van der Waals surface area (Å²) in [4.78, 5) is 0. The zero-order valence-electron chi connectivity index (χ0n) is 16.8. The Bertz CT molecular complexity index is 1290. The van der Waals surface area contributed by atoms with Crippen LogP contribution in [0.2, 0.25) is 0 Å². The molecular weight excluding hydrogens is 496 g/mol. The average Bonchev–Trinajstić information content (AvgIpc) is 2.74. The van der Waals surface area contributed by atoms with Gasteiger partial charge < -0.3 is 0 Å². The van der Waals surface area contributed by atoms with Crippen molar-refractivity contribution < 1.29 is 0 Å². The standard InChI is InChI=1S/C28H20Br2/c1-17-3-7-19(8-4-17)27-25-15-21(29)11-13-23(25)24-14-12-22(30)16-26(24)28(27)20-9-5-18(2)6-10-20/h3-16H,1-2H3. The molecule has 0 saturated heterocycles. The molecule has 0 amide bonds. The number of halogens is 2. The third-order valence-electron chi connectivity index (χ3n) is 5.72. The Morgan fingerprint density at radius 3 is 1.17 bits per heavy atom. The smallest absolute Gasteiger partial charge is 0.0181 e. The third kappa shape index (κ3) is 3.38. The van der Waals surface area contributed by atoms with Crippen molar-refractivity contribution in [2.45, 2.75) is 13.8 Å². The van der Waals surface area contributed by atoms with Gasteiger partial charge in [0.1, 0.15) is 0 Å². The summed E-state index contributed by atoms with van der Waals surface area (Å²) in [6, 6.07) is 31.0. The molecule has 5 rings (SSSR count). The Balaban J connectivity index is 2.04. The zero-order valence-corrected chi connectivity index (χ0v) is 20.0. The molecule has 0 saturated carbocycles. The molecule has 30 heavy (non-hydrogen) atoms. The number of fused-ring (bicyclic) bond motifs is 3. The fourth-order valence-corrected chi connectivity index (χ4v) is 4.95. The highest BCUT2D eigenvalue weighted by atomic mass is 79.9. The predicted molar refractivity (Wildman–Crippen MR) is 137 cm³/mol. The van der Waals surface area contributed by atoms with E-state index in [4.69, 9.17) is 0 Å². The van der Waals surface area contributed by atoms with E-state index in [0.29, 0.717) is 0 Å². The second-order valence-electron chi connectivity index (χ2n) is 7.86. The molecule has 0 aliphatic rings. The van der Waals surface area contributed by atoms with Gasteiger partial charge in [-0.1, -0.05) is 104 Å². The first kappa shape index (κ1) is 19.5. The molecule has 0 bridgehead atoms. The molecule has 0 aliphatic heterocycles. The summed E-state index contributed by atoms with van der Waals surface area (Å²) in [5, 5.41) is 5.07. The molecule has 2 heteroatoms. The molecular formula is C28H20Br2. The molecule has 0 atom stereocenters. The van der Waals surface area contributed by atoms with E-state index < -0.39 is 0 Å². The van der Waals surface area contributed by atoms with Crippen LogP contribution in [-0.2, 0) is 0 Å². The van der Waals surface area contributed by atoms with Crippen LogP contribution in [-0.4, -0.2) is 0 Å². The van der Waals surface area contributed by atoms with Crippen LogP contribution in [0.4, 0.5) is 0 Å². The number of rotatable bonds is 2. The van der Waals surface area contributed by atoms with Crippen molar-refractivity contribution in [2.75, 3.05) is 0 Å². The lowest BCUT2D eigenvalue weighted by Gasteiger charge is -2.19.